The van der Waals surface area contributed by atoms with Crippen LogP contribution in [0.3, 0.4) is 0 Å². The van der Waals surface area contributed by atoms with Crippen LogP contribution in [0, 0.1) is 12.3 Å². The number of amidine groups is 1. The largest absolute Gasteiger partial charge is 0.510 e. The number of aromatic nitrogens is 2. The van der Waals surface area contributed by atoms with Gasteiger partial charge in [-0.1, -0.05) is 6.07 Å². The number of benzene rings is 1. The molecule has 0 atom stereocenters. The van der Waals surface area contributed by atoms with Crippen LogP contribution in [-0.4, -0.2) is 58.5 Å². The average molecular weight is 328 g/mol. The van der Waals surface area contributed by atoms with Crippen LogP contribution >= 0.6 is 0 Å². The third-order valence-corrected chi connectivity index (χ3v) is 4.79. The number of rotatable bonds is 6. The number of aliphatic hydroxyl groups excluding tert-OH is 1. The minimum absolute atomic E-state index is 0.227. The molecule has 0 bridgehead atoms. The van der Waals surface area contributed by atoms with E-state index >= 15 is 0 Å². The van der Waals surface area contributed by atoms with E-state index in [0.29, 0.717) is 23.8 Å². The Bertz CT molecular complexity index is 788. The molecule has 24 heavy (non-hydrogen) atoms. The number of quaternary nitrogens is 1. The van der Waals surface area contributed by atoms with Gasteiger partial charge in [-0.3, -0.25) is 5.41 Å². The topological polar surface area (TPSA) is 80.4 Å². The Labute approximate surface area is 142 Å². The van der Waals surface area contributed by atoms with Gasteiger partial charge >= 0.3 is 0 Å². The predicted molar refractivity (Wildman–Crippen MR) is 96.6 cm³/mol. The van der Waals surface area contributed by atoms with Gasteiger partial charge in [0.05, 0.1) is 49.3 Å². The van der Waals surface area contributed by atoms with Gasteiger partial charge in [-0.15, -0.1) is 0 Å². The van der Waals surface area contributed by atoms with Gasteiger partial charge in [0.15, 0.2) is 0 Å². The predicted octanol–water partition coefficient (Wildman–Crippen LogP) is 1.36. The van der Waals surface area contributed by atoms with Crippen molar-refractivity contribution in [3.63, 3.8) is 0 Å². The Kier molecular flexibility index (Phi) is 4.57. The molecule has 1 aromatic carbocycles. The third-order valence-electron chi connectivity index (χ3n) is 4.79. The van der Waals surface area contributed by atoms with E-state index in [0.717, 1.165) is 42.8 Å². The van der Waals surface area contributed by atoms with Crippen LogP contribution in [0.15, 0.2) is 24.0 Å². The summed E-state index contributed by atoms with van der Waals surface area (Å²) in [4.78, 5) is 11.2. The Morgan fingerprint density at radius 1 is 1.33 bits per heavy atom. The van der Waals surface area contributed by atoms with E-state index in [9.17, 15) is 5.11 Å². The number of aryl methyl sites for hydroxylation is 1. The summed E-state index contributed by atoms with van der Waals surface area (Å²) in [6.45, 7) is 10.7. The van der Waals surface area contributed by atoms with Crippen LogP contribution < -0.4 is 4.90 Å². The van der Waals surface area contributed by atoms with Gasteiger partial charge < -0.3 is 19.9 Å². The van der Waals surface area contributed by atoms with Crippen molar-refractivity contribution in [1.82, 2.24) is 14.9 Å². The van der Waals surface area contributed by atoms with Gasteiger partial charge in [0.25, 0.3) is 0 Å². The van der Waals surface area contributed by atoms with E-state index < -0.39 is 0 Å². The van der Waals surface area contributed by atoms with E-state index in [-0.39, 0.29) is 5.76 Å². The molecule has 128 valence electrons. The second kappa shape index (κ2) is 6.65. The first-order chi connectivity index (χ1) is 11.5. The van der Waals surface area contributed by atoms with Crippen LogP contribution in [-0.2, 0) is 0 Å². The summed E-state index contributed by atoms with van der Waals surface area (Å²) in [6, 6.07) is 6.01. The van der Waals surface area contributed by atoms with Crippen molar-refractivity contribution in [3.8, 4) is 0 Å². The number of aliphatic hydroxyl groups is 1. The highest BCUT2D eigenvalue weighted by molar-refractivity contribution is 6.23. The molecule has 1 aromatic heterocycles. The third kappa shape index (κ3) is 3.01. The van der Waals surface area contributed by atoms with E-state index in [1.807, 2.05) is 30.0 Å². The Morgan fingerprint density at radius 3 is 2.79 bits per heavy atom. The molecule has 0 unspecified atom stereocenters. The fourth-order valence-electron chi connectivity index (χ4n) is 3.21. The number of hydrogen-bond acceptors (Lipinski definition) is 3. The van der Waals surface area contributed by atoms with E-state index in [2.05, 4.69) is 23.8 Å². The SMILES string of the molecule is CC[NH+](CC)CCN1CC(O)=C(c2nc3ccc(C)cc3[nH]2)C1=N. The molecule has 0 saturated heterocycles. The quantitative estimate of drug-likeness (QED) is 0.646. The number of aromatic amines is 1. The molecule has 0 aliphatic carbocycles. The maximum absolute atomic E-state index is 10.4. The first kappa shape index (κ1) is 16.5. The molecule has 0 amide bonds. The molecule has 0 spiro atoms. The number of imidazole rings is 1. The lowest BCUT2D eigenvalue weighted by atomic mass is 10.2. The number of hydrogen-bond donors (Lipinski definition) is 4. The van der Waals surface area contributed by atoms with Gasteiger partial charge in [0.2, 0.25) is 0 Å². The second-order valence-corrected chi connectivity index (χ2v) is 6.40. The molecule has 1 aliphatic heterocycles. The van der Waals surface area contributed by atoms with Gasteiger partial charge in [-0.25, -0.2) is 4.98 Å². The Morgan fingerprint density at radius 2 is 2.08 bits per heavy atom. The van der Waals surface area contributed by atoms with Gasteiger partial charge in [-0.2, -0.15) is 0 Å². The van der Waals surface area contributed by atoms with Crippen LogP contribution in [0.2, 0.25) is 0 Å². The van der Waals surface area contributed by atoms with Gasteiger partial charge in [0.1, 0.15) is 17.4 Å². The zero-order valence-corrected chi connectivity index (χ0v) is 14.6. The second-order valence-electron chi connectivity index (χ2n) is 6.40. The molecule has 6 heteroatoms. The highest BCUT2D eigenvalue weighted by atomic mass is 16.3. The number of H-pyrrole nitrogens is 1. The summed E-state index contributed by atoms with van der Waals surface area (Å²) >= 11 is 0. The summed E-state index contributed by atoms with van der Waals surface area (Å²) in [5.74, 6) is 1.16. The van der Waals surface area contributed by atoms with Crippen molar-refractivity contribution in [3.05, 3.63) is 35.3 Å². The monoisotopic (exact) mass is 328 g/mol. The molecule has 1 aliphatic rings. The standard InChI is InChI=1S/C18H25N5O/c1-4-22(5-2)8-9-23-11-15(24)16(17(23)19)18-20-13-7-6-12(3)10-14(13)21-18/h6-7,10,19,24H,4-5,8-9,11H2,1-3H3,(H,20,21)/p+1. The number of likely N-dealkylation sites (N-methyl/N-ethyl adjacent to an activating group) is 1. The van der Waals surface area contributed by atoms with E-state index in [1.165, 1.54) is 4.90 Å². The zero-order chi connectivity index (χ0) is 17.3. The minimum Gasteiger partial charge on any atom is -0.510 e. The lowest BCUT2D eigenvalue weighted by Gasteiger charge is -2.22. The molecule has 2 heterocycles. The van der Waals surface area contributed by atoms with Crippen molar-refractivity contribution in [1.29, 1.82) is 5.41 Å². The molecule has 4 N–H and O–H groups in total. The van der Waals surface area contributed by atoms with Crippen molar-refractivity contribution in [2.24, 2.45) is 0 Å². The van der Waals surface area contributed by atoms with Crippen LogP contribution in [0.5, 0.6) is 0 Å². The fraction of sp³-hybridized carbons (Fsp3) is 0.444. The lowest BCUT2D eigenvalue weighted by molar-refractivity contribution is -0.895. The van der Waals surface area contributed by atoms with Gasteiger partial charge in [0, 0.05) is 0 Å². The molecule has 0 saturated carbocycles. The Balaban J connectivity index is 1.80. The molecule has 0 radical (unpaired) electrons. The number of nitrogens with one attached hydrogen (secondary N) is 3. The minimum atomic E-state index is 0.227. The molecular weight excluding hydrogens is 302 g/mol. The summed E-state index contributed by atoms with van der Waals surface area (Å²) in [5, 5.41) is 18.8. The normalized spacial score (nSPS) is 15.3. The number of fused-ring (bicyclic) bond motifs is 1. The maximum atomic E-state index is 10.4. The Hall–Kier alpha value is -2.34. The molecule has 0 fully saturated rings. The summed E-state index contributed by atoms with van der Waals surface area (Å²) in [7, 11) is 0. The maximum Gasteiger partial charge on any atom is 0.145 e. The molecule has 2 aromatic rings. The molecule has 3 rings (SSSR count). The van der Waals surface area contributed by atoms with Crippen LogP contribution in [0.25, 0.3) is 16.6 Å². The first-order valence-electron chi connectivity index (χ1n) is 8.59. The highest BCUT2D eigenvalue weighted by Crippen LogP contribution is 2.27. The average Bonchev–Trinajstić information content (AvgIpc) is 3.08. The summed E-state index contributed by atoms with van der Waals surface area (Å²) < 4.78 is 0. The molecule has 6 nitrogen and oxygen atoms in total. The van der Waals surface area contributed by atoms with Crippen LogP contribution in [0.4, 0.5) is 0 Å². The summed E-state index contributed by atoms with van der Waals surface area (Å²) in [6.07, 6.45) is 0. The zero-order valence-electron chi connectivity index (χ0n) is 14.6. The summed E-state index contributed by atoms with van der Waals surface area (Å²) in [5.41, 5.74) is 3.47. The van der Waals surface area contributed by atoms with Gasteiger partial charge in [-0.05, 0) is 38.5 Å². The van der Waals surface area contributed by atoms with Crippen molar-refractivity contribution < 1.29 is 10.0 Å². The van der Waals surface area contributed by atoms with E-state index in [4.69, 9.17) is 5.41 Å². The lowest BCUT2D eigenvalue weighted by Crippen LogP contribution is -3.12. The smallest absolute Gasteiger partial charge is 0.145 e. The van der Waals surface area contributed by atoms with E-state index in [1.54, 1.807) is 0 Å². The number of nitrogens with zero attached hydrogens (tertiary/aromatic N) is 2. The first-order valence-corrected chi connectivity index (χ1v) is 8.59. The molecular formula is C18H26N5O+. The van der Waals surface area contributed by atoms with Crippen molar-refractivity contribution in [2.75, 3.05) is 32.7 Å². The van der Waals surface area contributed by atoms with Crippen molar-refractivity contribution in [2.45, 2.75) is 20.8 Å². The highest BCUT2D eigenvalue weighted by Gasteiger charge is 2.30. The fourth-order valence-corrected chi connectivity index (χ4v) is 3.21. The van der Waals surface area contributed by atoms with Crippen LogP contribution in [0.1, 0.15) is 25.2 Å². The van der Waals surface area contributed by atoms with Crippen molar-refractivity contribution >= 4 is 22.4 Å².